The number of ether oxygens (including phenoxy) is 1. The number of primary amides is 1. The third kappa shape index (κ3) is 3.90. The van der Waals surface area contributed by atoms with Crippen molar-refractivity contribution < 1.29 is 27.5 Å². The number of halogens is 3. The molecule has 6 nitrogen and oxygen atoms in total. The van der Waals surface area contributed by atoms with E-state index in [1.165, 1.54) is 17.0 Å². The summed E-state index contributed by atoms with van der Waals surface area (Å²) in [5, 5.41) is 2.41. The van der Waals surface area contributed by atoms with Crippen molar-refractivity contribution in [2.45, 2.75) is 19.0 Å². The number of hydrogen-bond acceptors (Lipinski definition) is 3. The van der Waals surface area contributed by atoms with E-state index in [1.54, 1.807) is 0 Å². The first kappa shape index (κ1) is 17.9. The summed E-state index contributed by atoms with van der Waals surface area (Å²) in [4.78, 5) is 24.9. The number of carbonyl (C=O) groups excluding carboxylic acids is 2. The number of benzene rings is 1. The number of anilines is 1. The molecule has 1 aromatic carbocycles. The highest BCUT2D eigenvalue weighted by Crippen LogP contribution is 2.40. The first-order valence-electron chi connectivity index (χ1n) is 7.33. The zero-order chi connectivity index (χ0) is 17.9. The molecule has 3 amide bonds. The Bertz CT molecular complexity index is 634. The lowest BCUT2D eigenvalue weighted by atomic mass is 9.98. The van der Waals surface area contributed by atoms with Crippen molar-refractivity contribution in [2.24, 2.45) is 11.7 Å². The molecule has 0 radical (unpaired) electrons. The molecule has 3 N–H and O–H groups in total. The van der Waals surface area contributed by atoms with Crippen LogP contribution in [0.3, 0.4) is 0 Å². The number of hydrogen-bond donors (Lipinski definition) is 2. The van der Waals surface area contributed by atoms with Gasteiger partial charge in [-0.25, -0.2) is 4.79 Å². The molecule has 24 heavy (non-hydrogen) atoms. The minimum atomic E-state index is -4.60. The predicted octanol–water partition coefficient (Wildman–Crippen LogP) is 2.44. The van der Waals surface area contributed by atoms with E-state index in [2.05, 4.69) is 5.32 Å². The summed E-state index contributed by atoms with van der Waals surface area (Å²) in [7, 11) is 1.10. The van der Waals surface area contributed by atoms with Gasteiger partial charge in [-0.15, -0.1) is 0 Å². The third-order valence-electron chi connectivity index (χ3n) is 3.88. The number of rotatable bonds is 3. The molecule has 132 valence electrons. The van der Waals surface area contributed by atoms with Gasteiger partial charge in [0.25, 0.3) is 0 Å². The smallest absolute Gasteiger partial charge is 0.420 e. The molecule has 1 aliphatic heterocycles. The summed E-state index contributed by atoms with van der Waals surface area (Å²) < 4.78 is 43.8. The normalized spacial score (nSPS) is 18.2. The molecule has 0 saturated carbocycles. The van der Waals surface area contributed by atoms with Gasteiger partial charge < -0.3 is 20.7 Å². The molecule has 2 rings (SSSR count). The summed E-state index contributed by atoms with van der Waals surface area (Å²) >= 11 is 0. The highest BCUT2D eigenvalue weighted by Gasteiger charge is 2.36. The van der Waals surface area contributed by atoms with Crippen LogP contribution in [0.4, 0.5) is 23.7 Å². The molecule has 1 saturated heterocycles. The molecule has 1 atom stereocenters. The van der Waals surface area contributed by atoms with Gasteiger partial charge in [0, 0.05) is 13.1 Å². The van der Waals surface area contributed by atoms with Gasteiger partial charge >= 0.3 is 12.2 Å². The summed E-state index contributed by atoms with van der Waals surface area (Å²) in [6.45, 7) is 0.541. The second-order valence-corrected chi connectivity index (χ2v) is 5.50. The van der Waals surface area contributed by atoms with Crippen LogP contribution in [0.15, 0.2) is 18.2 Å². The minimum Gasteiger partial charge on any atom is -0.494 e. The predicted molar refractivity (Wildman–Crippen MR) is 80.5 cm³/mol. The van der Waals surface area contributed by atoms with Crippen LogP contribution in [0.5, 0.6) is 5.75 Å². The first-order chi connectivity index (χ1) is 11.2. The number of nitrogens with one attached hydrogen (secondary N) is 1. The lowest BCUT2D eigenvalue weighted by Gasteiger charge is -2.31. The summed E-state index contributed by atoms with van der Waals surface area (Å²) in [5.41, 5.74) is 4.19. The number of piperidine rings is 1. The molecule has 1 aliphatic rings. The Kier molecular flexibility index (Phi) is 5.20. The van der Waals surface area contributed by atoms with Crippen LogP contribution < -0.4 is 15.8 Å². The largest absolute Gasteiger partial charge is 0.494 e. The number of urea groups is 1. The quantitative estimate of drug-likeness (QED) is 0.882. The van der Waals surface area contributed by atoms with Crippen LogP contribution in [0.2, 0.25) is 0 Å². The molecule has 0 bridgehead atoms. The summed E-state index contributed by atoms with van der Waals surface area (Å²) in [6.07, 6.45) is -3.42. The molecule has 0 spiro atoms. The molecule has 1 fully saturated rings. The maximum atomic E-state index is 13.0. The molecular formula is C15H18F3N3O3. The van der Waals surface area contributed by atoms with E-state index >= 15 is 0 Å². The van der Waals surface area contributed by atoms with Crippen molar-refractivity contribution in [3.05, 3.63) is 23.8 Å². The second-order valence-electron chi connectivity index (χ2n) is 5.50. The van der Waals surface area contributed by atoms with E-state index in [-0.39, 0.29) is 12.2 Å². The SMILES string of the molecule is COc1c(NC(=O)N2CCC[C@H](C(N)=O)C2)cccc1C(F)(F)F. The monoisotopic (exact) mass is 345 g/mol. The van der Waals surface area contributed by atoms with Crippen LogP contribution in [0, 0.1) is 5.92 Å². The topological polar surface area (TPSA) is 84.7 Å². The second kappa shape index (κ2) is 6.98. The van der Waals surface area contributed by atoms with Gasteiger partial charge in [0.1, 0.15) is 0 Å². The Morgan fingerprint density at radius 1 is 1.38 bits per heavy atom. The van der Waals surface area contributed by atoms with Crippen LogP contribution in [-0.4, -0.2) is 37.0 Å². The first-order valence-corrected chi connectivity index (χ1v) is 7.33. The van der Waals surface area contributed by atoms with Gasteiger partial charge in [-0.3, -0.25) is 4.79 Å². The molecule has 0 aromatic heterocycles. The summed E-state index contributed by atoms with van der Waals surface area (Å²) in [5.74, 6) is -1.40. The average molecular weight is 345 g/mol. The van der Waals surface area contributed by atoms with Crippen molar-refractivity contribution >= 4 is 17.6 Å². The van der Waals surface area contributed by atoms with E-state index in [0.717, 1.165) is 13.2 Å². The highest BCUT2D eigenvalue weighted by atomic mass is 19.4. The summed E-state index contributed by atoms with van der Waals surface area (Å²) in [6, 6.07) is 2.78. The third-order valence-corrected chi connectivity index (χ3v) is 3.88. The van der Waals surface area contributed by atoms with Gasteiger partial charge in [-0.1, -0.05) is 6.07 Å². The van der Waals surface area contributed by atoms with Crippen molar-refractivity contribution in [1.82, 2.24) is 4.90 Å². The number of methoxy groups -OCH3 is 1. The van der Waals surface area contributed by atoms with Gasteiger partial charge in [-0.2, -0.15) is 13.2 Å². The van der Waals surface area contributed by atoms with Gasteiger partial charge in [0.05, 0.1) is 24.3 Å². The Morgan fingerprint density at radius 2 is 2.08 bits per heavy atom. The van der Waals surface area contributed by atoms with Crippen molar-refractivity contribution in [3.63, 3.8) is 0 Å². The van der Waals surface area contributed by atoms with E-state index in [0.29, 0.717) is 19.4 Å². The molecule has 9 heteroatoms. The Balaban J connectivity index is 2.19. The fourth-order valence-corrected chi connectivity index (χ4v) is 2.67. The van der Waals surface area contributed by atoms with E-state index in [1.807, 2.05) is 0 Å². The zero-order valence-corrected chi connectivity index (χ0v) is 13.0. The molecule has 1 aromatic rings. The number of para-hydroxylation sites is 1. The standard InChI is InChI=1S/C15H18F3N3O3/c1-24-12-10(15(16,17)18)5-2-6-11(12)20-14(23)21-7-3-4-9(8-21)13(19)22/h2,5-6,9H,3-4,7-8H2,1H3,(H2,19,22)(H,20,23)/t9-/m0/s1. The van der Waals surface area contributed by atoms with Crippen molar-refractivity contribution in [3.8, 4) is 5.75 Å². The minimum absolute atomic E-state index is 0.0847. The number of likely N-dealkylation sites (tertiary alicyclic amines) is 1. The highest BCUT2D eigenvalue weighted by molar-refractivity contribution is 5.92. The van der Waals surface area contributed by atoms with Crippen LogP contribution in [0.25, 0.3) is 0 Å². The number of alkyl halides is 3. The van der Waals surface area contributed by atoms with Crippen LogP contribution >= 0.6 is 0 Å². The number of carbonyl (C=O) groups is 2. The molecular weight excluding hydrogens is 327 g/mol. The average Bonchev–Trinajstić information content (AvgIpc) is 2.53. The lowest BCUT2D eigenvalue weighted by molar-refractivity contribution is -0.138. The van der Waals surface area contributed by atoms with Crippen LogP contribution in [-0.2, 0) is 11.0 Å². The van der Waals surface area contributed by atoms with E-state index < -0.39 is 35.3 Å². The number of nitrogens with two attached hydrogens (primary N) is 1. The number of amides is 3. The van der Waals surface area contributed by atoms with Gasteiger partial charge in [0.2, 0.25) is 5.91 Å². The van der Waals surface area contributed by atoms with Gasteiger partial charge in [-0.05, 0) is 25.0 Å². The lowest BCUT2D eigenvalue weighted by Crippen LogP contribution is -2.45. The fraction of sp³-hybridized carbons (Fsp3) is 0.467. The fourth-order valence-electron chi connectivity index (χ4n) is 2.67. The van der Waals surface area contributed by atoms with Crippen molar-refractivity contribution in [2.75, 3.05) is 25.5 Å². The molecule has 0 unspecified atom stereocenters. The van der Waals surface area contributed by atoms with Crippen LogP contribution in [0.1, 0.15) is 18.4 Å². The van der Waals surface area contributed by atoms with E-state index in [4.69, 9.17) is 10.5 Å². The maximum Gasteiger partial charge on any atom is 0.420 e. The van der Waals surface area contributed by atoms with Crippen molar-refractivity contribution in [1.29, 1.82) is 0 Å². The molecule has 0 aliphatic carbocycles. The molecule has 1 heterocycles. The zero-order valence-electron chi connectivity index (χ0n) is 13.0. The number of nitrogens with zero attached hydrogens (tertiary/aromatic N) is 1. The van der Waals surface area contributed by atoms with E-state index in [9.17, 15) is 22.8 Å². The maximum absolute atomic E-state index is 13.0. The Morgan fingerprint density at radius 3 is 2.67 bits per heavy atom. The Hall–Kier alpha value is -2.45. The van der Waals surface area contributed by atoms with Gasteiger partial charge in [0.15, 0.2) is 5.75 Å². The Labute approximate surface area is 136 Å².